The van der Waals surface area contributed by atoms with Crippen molar-refractivity contribution in [2.24, 2.45) is 0 Å². The number of carbonyl (C=O) groups is 1. The molecule has 4 rings (SSSR count). The van der Waals surface area contributed by atoms with Crippen molar-refractivity contribution < 1.29 is 9.53 Å². The first-order valence-corrected chi connectivity index (χ1v) is 9.81. The summed E-state index contributed by atoms with van der Waals surface area (Å²) in [5.74, 6) is 1.01. The Bertz CT molecular complexity index is 785. The molecular formula is C22H27N3O2. The maximum atomic E-state index is 12.4. The number of pyridine rings is 1. The molecule has 0 N–H and O–H groups in total. The van der Waals surface area contributed by atoms with Crippen LogP contribution in [0.25, 0.3) is 0 Å². The van der Waals surface area contributed by atoms with Crippen molar-refractivity contribution in [3.05, 3.63) is 59.9 Å². The van der Waals surface area contributed by atoms with Gasteiger partial charge in [0.05, 0.1) is 11.7 Å². The quantitative estimate of drug-likeness (QED) is 0.836. The van der Waals surface area contributed by atoms with Gasteiger partial charge in [-0.15, -0.1) is 0 Å². The molecule has 2 aromatic rings. The lowest BCUT2D eigenvalue weighted by atomic mass is 9.74. The summed E-state index contributed by atoms with van der Waals surface area (Å²) >= 11 is 0. The van der Waals surface area contributed by atoms with Crippen molar-refractivity contribution in [3.8, 4) is 5.75 Å². The highest BCUT2D eigenvalue weighted by Gasteiger charge is 2.45. The topological polar surface area (TPSA) is 45.7 Å². The lowest BCUT2D eigenvalue weighted by molar-refractivity contribution is -0.139. The second kappa shape index (κ2) is 7.69. The zero-order valence-corrected chi connectivity index (χ0v) is 15.9. The number of hydrogen-bond donors (Lipinski definition) is 0. The predicted molar refractivity (Wildman–Crippen MR) is 105 cm³/mol. The van der Waals surface area contributed by atoms with Crippen LogP contribution in [-0.2, 0) is 16.8 Å². The molecule has 5 heteroatoms. The van der Waals surface area contributed by atoms with Gasteiger partial charge in [-0.2, -0.15) is 0 Å². The predicted octanol–water partition coefficient (Wildman–Crippen LogP) is 2.86. The van der Waals surface area contributed by atoms with Gasteiger partial charge in [-0.05, 0) is 42.5 Å². The van der Waals surface area contributed by atoms with E-state index in [9.17, 15) is 4.79 Å². The van der Waals surface area contributed by atoms with Gasteiger partial charge in [-0.25, -0.2) is 0 Å². The van der Waals surface area contributed by atoms with Crippen LogP contribution in [0.15, 0.2) is 48.8 Å². The third-order valence-electron chi connectivity index (χ3n) is 6.01. The minimum Gasteiger partial charge on any atom is -0.491 e. The third-order valence-corrected chi connectivity index (χ3v) is 6.01. The van der Waals surface area contributed by atoms with Crippen LogP contribution < -0.4 is 4.74 Å². The highest BCUT2D eigenvalue weighted by molar-refractivity contribution is 5.75. The van der Waals surface area contributed by atoms with Crippen molar-refractivity contribution >= 4 is 5.91 Å². The molecule has 0 radical (unpaired) electrons. The van der Waals surface area contributed by atoms with Crippen molar-refractivity contribution in [2.45, 2.75) is 31.7 Å². The monoisotopic (exact) mass is 365 g/mol. The van der Waals surface area contributed by atoms with Gasteiger partial charge in [0.15, 0.2) is 0 Å². The van der Waals surface area contributed by atoms with Gasteiger partial charge in [0, 0.05) is 39.3 Å². The van der Waals surface area contributed by atoms with Crippen LogP contribution in [0.4, 0.5) is 0 Å². The van der Waals surface area contributed by atoms with E-state index in [0.717, 1.165) is 51.2 Å². The van der Waals surface area contributed by atoms with Crippen LogP contribution in [-0.4, -0.2) is 53.5 Å². The summed E-state index contributed by atoms with van der Waals surface area (Å²) in [5, 5.41) is 0. The number of carbonyl (C=O) groups excluding carboxylic acids is 1. The highest BCUT2D eigenvalue weighted by atomic mass is 16.5. The van der Waals surface area contributed by atoms with E-state index in [0.29, 0.717) is 6.61 Å². The first kappa shape index (κ1) is 18.0. The summed E-state index contributed by atoms with van der Waals surface area (Å²) in [5.41, 5.74) is 2.63. The molecule has 0 aliphatic carbocycles. The van der Waals surface area contributed by atoms with Gasteiger partial charge < -0.3 is 9.64 Å². The number of fused-ring (bicyclic) bond motifs is 2. The van der Waals surface area contributed by atoms with Gasteiger partial charge in [0.1, 0.15) is 12.4 Å². The summed E-state index contributed by atoms with van der Waals surface area (Å²) in [4.78, 5) is 21.0. The summed E-state index contributed by atoms with van der Waals surface area (Å²) in [6, 6.07) is 12.5. The molecule has 0 unspecified atom stereocenters. The fourth-order valence-corrected chi connectivity index (χ4v) is 4.65. The van der Waals surface area contributed by atoms with Gasteiger partial charge in [-0.3, -0.25) is 14.7 Å². The number of rotatable bonds is 4. The zero-order chi connectivity index (χ0) is 18.7. The van der Waals surface area contributed by atoms with E-state index in [1.165, 1.54) is 11.1 Å². The number of amides is 1. The Kier molecular flexibility index (Phi) is 5.12. The van der Waals surface area contributed by atoms with Crippen LogP contribution in [0.5, 0.6) is 5.75 Å². The normalized spacial score (nSPS) is 18.9. The van der Waals surface area contributed by atoms with Gasteiger partial charge in [-0.1, -0.05) is 24.3 Å². The second-order valence-corrected chi connectivity index (χ2v) is 7.49. The van der Waals surface area contributed by atoms with Gasteiger partial charge in [0.2, 0.25) is 5.91 Å². The Labute approximate surface area is 161 Å². The minimum atomic E-state index is -0.138. The standard InChI is InChI=1S/C22H27N3O2/c1-18(26)25-12-8-19-5-2-3-7-21(19)22(25)9-13-24(14-10-22)15-16-27-20-6-4-11-23-17-20/h2-7,11,17H,8-10,12-16H2,1H3. The van der Waals surface area contributed by atoms with E-state index in [1.54, 1.807) is 19.3 Å². The lowest BCUT2D eigenvalue weighted by Crippen LogP contribution is -2.57. The van der Waals surface area contributed by atoms with Crippen molar-refractivity contribution in [1.82, 2.24) is 14.8 Å². The van der Waals surface area contributed by atoms with Crippen LogP contribution in [0.1, 0.15) is 30.9 Å². The molecule has 2 aliphatic heterocycles. The van der Waals surface area contributed by atoms with Gasteiger partial charge >= 0.3 is 0 Å². The average molecular weight is 365 g/mol. The van der Waals surface area contributed by atoms with Crippen LogP contribution in [0.3, 0.4) is 0 Å². The van der Waals surface area contributed by atoms with Crippen molar-refractivity contribution in [2.75, 3.05) is 32.8 Å². The number of benzene rings is 1. The fraction of sp³-hybridized carbons (Fsp3) is 0.455. The second-order valence-electron chi connectivity index (χ2n) is 7.49. The Morgan fingerprint density at radius 3 is 2.70 bits per heavy atom. The minimum absolute atomic E-state index is 0.138. The van der Waals surface area contributed by atoms with E-state index in [1.807, 2.05) is 12.1 Å². The Morgan fingerprint density at radius 2 is 1.96 bits per heavy atom. The molecular weight excluding hydrogens is 338 g/mol. The summed E-state index contributed by atoms with van der Waals surface area (Å²) in [7, 11) is 0. The number of hydrogen-bond acceptors (Lipinski definition) is 4. The molecule has 142 valence electrons. The van der Waals surface area contributed by atoms with Crippen molar-refractivity contribution in [1.29, 1.82) is 0 Å². The fourth-order valence-electron chi connectivity index (χ4n) is 4.65. The van der Waals surface area contributed by atoms with Crippen LogP contribution in [0.2, 0.25) is 0 Å². The average Bonchev–Trinajstić information content (AvgIpc) is 2.70. The molecule has 27 heavy (non-hydrogen) atoms. The van der Waals surface area contributed by atoms with Crippen LogP contribution >= 0.6 is 0 Å². The summed E-state index contributed by atoms with van der Waals surface area (Å²) < 4.78 is 5.79. The number of nitrogens with zero attached hydrogens (tertiary/aromatic N) is 3. The van der Waals surface area contributed by atoms with E-state index >= 15 is 0 Å². The maximum Gasteiger partial charge on any atom is 0.220 e. The summed E-state index contributed by atoms with van der Waals surface area (Å²) in [6.07, 6.45) is 6.42. The molecule has 3 heterocycles. The molecule has 0 bridgehead atoms. The van der Waals surface area contributed by atoms with Gasteiger partial charge in [0.25, 0.3) is 0 Å². The van der Waals surface area contributed by atoms with Crippen LogP contribution in [0, 0.1) is 0 Å². The molecule has 2 aliphatic rings. The molecule has 5 nitrogen and oxygen atoms in total. The molecule has 1 fully saturated rings. The number of aromatic nitrogens is 1. The highest BCUT2D eigenvalue weighted by Crippen LogP contribution is 2.43. The largest absolute Gasteiger partial charge is 0.491 e. The molecule has 1 aromatic heterocycles. The molecule has 1 saturated heterocycles. The summed E-state index contributed by atoms with van der Waals surface area (Å²) in [6.45, 7) is 6.06. The van der Waals surface area contributed by atoms with E-state index in [4.69, 9.17) is 4.74 Å². The molecule has 0 atom stereocenters. The Balaban J connectivity index is 1.42. The Hall–Kier alpha value is -2.40. The smallest absolute Gasteiger partial charge is 0.220 e. The van der Waals surface area contributed by atoms with E-state index in [2.05, 4.69) is 39.0 Å². The number of piperidine rings is 1. The Morgan fingerprint density at radius 1 is 1.15 bits per heavy atom. The maximum absolute atomic E-state index is 12.4. The molecule has 1 spiro atoms. The van der Waals surface area contributed by atoms with E-state index in [-0.39, 0.29) is 11.4 Å². The van der Waals surface area contributed by atoms with Crippen molar-refractivity contribution in [3.63, 3.8) is 0 Å². The zero-order valence-electron chi connectivity index (χ0n) is 15.9. The number of ether oxygens (including phenoxy) is 1. The molecule has 1 aromatic carbocycles. The first-order chi connectivity index (χ1) is 13.2. The van der Waals surface area contributed by atoms with E-state index < -0.39 is 0 Å². The molecule has 0 saturated carbocycles. The third kappa shape index (κ3) is 3.56. The lowest BCUT2D eigenvalue weighted by Gasteiger charge is -2.52. The molecule has 1 amide bonds. The SMILES string of the molecule is CC(=O)N1CCc2ccccc2C12CCN(CCOc1cccnc1)CC2. The number of likely N-dealkylation sites (tertiary alicyclic amines) is 1. The first-order valence-electron chi connectivity index (χ1n) is 9.81.